The number of carbonyl (C=O) groups is 2. The van der Waals surface area contributed by atoms with E-state index >= 15 is 0 Å². The van der Waals surface area contributed by atoms with Gasteiger partial charge in [-0.25, -0.2) is 0 Å². The van der Waals surface area contributed by atoms with Gasteiger partial charge in [0.1, 0.15) is 0 Å². The Labute approximate surface area is 129 Å². The van der Waals surface area contributed by atoms with Crippen LogP contribution in [0.5, 0.6) is 0 Å². The number of unbranched alkanes of at least 4 members (excludes halogenated alkanes) is 9. The Balaban J connectivity index is 3.27. The monoisotopic (exact) mass is 297 g/mol. The molecular formula is C17H31NO3. The molecule has 1 amide bonds. The fourth-order valence-corrected chi connectivity index (χ4v) is 2.09. The second-order valence-corrected chi connectivity index (χ2v) is 5.55. The van der Waals surface area contributed by atoms with E-state index in [0.29, 0.717) is 6.61 Å². The van der Waals surface area contributed by atoms with Gasteiger partial charge in [-0.2, -0.15) is 0 Å². The molecule has 2 N–H and O–H groups in total. The van der Waals surface area contributed by atoms with Crippen LogP contribution in [0.1, 0.15) is 77.6 Å². The van der Waals surface area contributed by atoms with Crippen molar-refractivity contribution in [1.82, 2.24) is 0 Å². The summed E-state index contributed by atoms with van der Waals surface area (Å²) in [5.41, 5.74) is 5.10. The summed E-state index contributed by atoms with van der Waals surface area (Å²) in [6, 6.07) is 0. The molecule has 0 aliphatic carbocycles. The number of nitrogens with two attached hydrogens (primary N) is 1. The van der Waals surface area contributed by atoms with Gasteiger partial charge in [0.25, 0.3) is 0 Å². The first-order chi connectivity index (χ1) is 10.1. The van der Waals surface area contributed by atoms with Gasteiger partial charge in [0, 0.05) is 5.57 Å². The average molecular weight is 297 g/mol. The number of rotatable bonds is 14. The van der Waals surface area contributed by atoms with Crippen molar-refractivity contribution in [2.24, 2.45) is 5.73 Å². The fraction of sp³-hybridized carbons (Fsp3) is 0.765. The van der Waals surface area contributed by atoms with Crippen LogP contribution in [0, 0.1) is 0 Å². The third kappa shape index (κ3) is 13.4. The minimum Gasteiger partial charge on any atom is -0.465 e. The van der Waals surface area contributed by atoms with E-state index in [-0.39, 0.29) is 12.0 Å². The van der Waals surface area contributed by atoms with Crippen molar-refractivity contribution in [1.29, 1.82) is 0 Å². The quantitative estimate of drug-likeness (QED) is 0.300. The second kappa shape index (κ2) is 13.7. The van der Waals surface area contributed by atoms with Crippen molar-refractivity contribution in [3.05, 3.63) is 12.2 Å². The third-order valence-corrected chi connectivity index (χ3v) is 3.47. The Bertz CT molecular complexity index is 313. The van der Waals surface area contributed by atoms with Crippen LogP contribution in [-0.4, -0.2) is 18.5 Å². The molecule has 0 bridgehead atoms. The number of primary amides is 1. The van der Waals surface area contributed by atoms with Crippen LogP contribution in [0.3, 0.4) is 0 Å². The van der Waals surface area contributed by atoms with Crippen LogP contribution >= 0.6 is 0 Å². The van der Waals surface area contributed by atoms with Crippen molar-refractivity contribution >= 4 is 11.9 Å². The van der Waals surface area contributed by atoms with Gasteiger partial charge in [-0.15, -0.1) is 0 Å². The average Bonchev–Trinajstić information content (AvgIpc) is 2.44. The lowest BCUT2D eigenvalue weighted by molar-refractivity contribution is -0.143. The summed E-state index contributed by atoms with van der Waals surface area (Å²) < 4.78 is 5.03. The molecule has 0 atom stereocenters. The van der Waals surface area contributed by atoms with E-state index in [1.54, 1.807) is 0 Å². The van der Waals surface area contributed by atoms with Crippen LogP contribution in [0.15, 0.2) is 12.2 Å². The zero-order valence-electron chi connectivity index (χ0n) is 13.5. The number of hydrogen-bond acceptors (Lipinski definition) is 3. The molecule has 0 aromatic rings. The smallest absolute Gasteiger partial charge is 0.310 e. The summed E-state index contributed by atoms with van der Waals surface area (Å²) in [6.07, 6.45) is 12.3. The lowest BCUT2D eigenvalue weighted by Gasteiger charge is -2.05. The Hall–Kier alpha value is -1.32. The van der Waals surface area contributed by atoms with Crippen molar-refractivity contribution < 1.29 is 14.3 Å². The van der Waals surface area contributed by atoms with Gasteiger partial charge >= 0.3 is 5.97 Å². The number of amides is 1. The Morgan fingerprint density at radius 3 is 1.86 bits per heavy atom. The lowest BCUT2D eigenvalue weighted by atomic mass is 10.1. The lowest BCUT2D eigenvalue weighted by Crippen LogP contribution is -2.17. The highest BCUT2D eigenvalue weighted by molar-refractivity contribution is 5.95. The molecule has 0 aliphatic rings. The van der Waals surface area contributed by atoms with Gasteiger partial charge in [-0.3, -0.25) is 9.59 Å². The summed E-state index contributed by atoms with van der Waals surface area (Å²) in [5, 5.41) is 0. The molecule has 0 unspecified atom stereocenters. The van der Waals surface area contributed by atoms with Gasteiger partial charge in [0.2, 0.25) is 5.91 Å². The molecule has 21 heavy (non-hydrogen) atoms. The van der Waals surface area contributed by atoms with Crippen LogP contribution in [0.4, 0.5) is 0 Å². The maximum atomic E-state index is 11.3. The van der Waals surface area contributed by atoms with Gasteiger partial charge in [-0.1, -0.05) is 71.3 Å². The third-order valence-electron chi connectivity index (χ3n) is 3.47. The first kappa shape index (κ1) is 19.7. The van der Waals surface area contributed by atoms with E-state index in [2.05, 4.69) is 13.5 Å². The van der Waals surface area contributed by atoms with Crippen molar-refractivity contribution in [2.45, 2.75) is 77.6 Å². The molecule has 0 aliphatic heterocycles. The molecule has 0 aromatic heterocycles. The van der Waals surface area contributed by atoms with Gasteiger partial charge in [0.05, 0.1) is 13.0 Å². The minimum absolute atomic E-state index is 0.100. The van der Waals surface area contributed by atoms with Crippen LogP contribution in [0.2, 0.25) is 0 Å². The van der Waals surface area contributed by atoms with E-state index in [1.165, 1.54) is 51.4 Å². The number of ether oxygens (including phenoxy) is 1. The van der Waals surface area contributed by atoms with Crippen LogP contribution < -0.4 is 5.73 Å². The molecule has 0 heterocycles. The number of hydrogen-bond donors (Lipinski definition) is 1. The maximum absolute atomic E-state index is 11.3. The molecular weight excluding hydrogens is 266 g/mol. The highest BCUT2D eigenvalue weighted by atomic mass is 16.5. The summed E-state index contributed by atoms with van der Waals surface area (Å²) >= 11 is 0. The maximum Gasteiger partial charge on any atom is 0.310 e. The van der Waals surface area contributed by atoms with Crippen molar-refractivity contribution in [2.75, 3.05) is 6.61 Å². The predicted octanol–water partition coefficient (Wildman–Crippen LogP) is 3.88. The molecule has 0 aromatic carbocycles. The SMILES string of the molecule is C=C(CC(=O)OCCCCCCCCCCCC)C(N)=O. The normalized spacial score (nSPS) is 10.3. The molecule has 122 valence electrons. The first-order valence-electron chi connectivity index (χ1n) is 8.21. The molecule has 4 nitrogen and oxygen atoms in total. The van der Waals surface area contributed by atoms with E-state index in [4.69, 9.17) is 10.5 Å². The van der Waals surface area contributed by atoms with E-state index in [0.717, 1.165) is 12.8 Å². The zero-order chi connectivity index (χ0) is 15.9. The Morgan fingerprint density at radius 1 is 0.905 bits per heavy atom. The van der Waals surface area contributed by atoms with Gasteiger partial charge in [-0.05, 0) is 6.42 Å². The summed E-state index contributed by atoms with van der Waals surface area (Å²) in [4.78, 5) is 22.0. The van der Waals surface area contributed by atoms with Crippen LogP contribution in [-0.2, 0) is 14.3 Å². The Morgan fingerprint density at radius 2 is 1.38 bits per heavy atom. The minimum atomic E-state index is -0.647. The standard InChI is InChI=1S/C17H31NO3/c1-3-4-5-6-7-8-9-10-11-12-13-21-16(19)14-15(2)17(18)20/h2-14H2,1H3,(H2,18,20). The number of esters is 1. The van der Waals surface area contributed by atoms with E-state index < -0.39 is 11.9 Å². The van der Waals surface area contributed by atoms with Crippen molar-refractivity contribution in [3.8, 4) is 0 Å². The molecule has 0 rings (SSSR count). The van der Waals surface area contributed by atoms with E-state index in [9.17, 15) is 9.59 Å². The highest BCUT2D eigenvalue weighted by Crippen LogP contribution is 2.10. The molecule has 0 fully saturated rings. The van der Waals surface area contributed by atoms with E-state index in [1.807, 2.05) is 0 Å². The molecule has 0 spiro atoms. The number of carbonyl (C=O) groups excluding carboxylic acids is 2. The molecule has 0 saturated carbocycles. The van der Waals surface area contributed by atoms with Crippen molar-refractivity contribution in [3.63, 3.8) is 0 Å². The predicted molar refractivity (Wildman–Crippen MR) is 85.8 cm³/mol. The highest BCUT2D eigenvalue weighted by Gasteiger charge is 2.09. The molecule has 0 radical (unpaired) electrons. The molecule has 4 heteroatoms. The largest absolute Gasteiger partial charge is 0.465 e. The summed E-state index contributed by atoms with van der Waals surface area (Å²) in [5.74, 6) is -1.07. The topological polar surface area (TPSA) is 69.4 Å². The van der Waals surface area contributed by atoms with Gasteiger partial charge < -0.3 is 10.5 Å². The van der Waals surface area contributed by atoms with Gasteiger partial charge in [0.15, 0.2) is 0 Å². The summed E-state index contributed by atoms with van der Waals surface area (Å²) in [6.45, 7) is 6.07. The van der Waals surface area contributed by atoms with Crippen LogP contribution in [0.25, 0.3) is 0 Å². The summed E-state index contributed by atoms with van der Waals surface area (Å²) in [7, 11) is 0. The second-order valence-electron chi connectivity index (χ2n) is 5.55. The Kier molecular flexibility index (Phi) is 12.8. The fourth-order valence-electron chi connectivity index (χ4n) is 2.09. The molecule has 0 saturated heterocycles. The zero-order valence-corrected chi connectivity index (χ0v) is 13.5. The first-order valence-corrected chi connectivity index (χ1v) is 8.21.